The van der Waals surface area contributed by atoms with E-state index >= 15 is 0 Å². The second-order valence-electron chi connectivity index (χ2n) is 6.19. The van der Waals surface area contributed by atoms with Crippen LogP contribution >= 0.6 is 0 Å². The lowest BCUT2D eigenvalue weighted by Crippen LogP contribution is -2.14. The molecule has 0 radical (unpaired) electrons. The van der Waals surface area contributed by atoms with Crippen LogP contribution in [0.1, 0.15) is 54.4 Å². The molecule has 1 atom stereocenters. The summed E-state index contributed by atoms with van der Waals surface area (Å²) in [7, 11) is 0. The first-order valence-electron chi connectivity index (χ1n) is 6.50. The van der Waals surface area contributed by atoms with Crippen LogP contribution in [-0.2, 0) is 9.47 Å². The fourth-order valence-corrected chi connectivity index (χ4v) is 1.88. The van der Waals surface area contributed by atoms with Crippen LogP contribution in [0, 0.1) is 11.3 Å². The molecular formula is C14H30O2. The third-order valence-corrected chi connectivity index (χ3v) is 2.39. The molecule has 0 aliphatic heterocycles. The molecule has 0 amide bonds. The zero-order valence-corrected chi connectivity index (χ0v) is 12.0. The van der Waals surface area contributed by atoms with Crippen LogP contribution < -0.4 is 0 Å². The van der Waals surface area contributed by atoms with Crippen LogP contribution in [0.2, 0.25) is 0 Å². The minimum Gasteiger partial charge on any atom is -0.379 e. The average Bonchev–Trinajstić information content (AvgIpc) is 2.07. The van der Waals surface area contributed by atoms with E-state index in [1.165, 1.54) is 6.42 Å². The van der Waals surface area contributed by atoms with Crippen molar-refractivity contribution in [3.05, 3.63) is 0 Å². The standard InChI is InChI=1S/C14H30O2/c1-12(2)16-10-9-15-8-7-13(3)11-14(4,5)6/h12-13H,7-11H2,1-6H3. The SMILES string of the molecule is CC(CCOCCOC(C)C)CC(C)(C)C. The quantitative estimate of drug-likeness (QED) is 0.589. The maximum Gasteiger partial charge on any atom is 0.0703 e. The van der Waals surface area contributed by atoms with Gasteiger partial charge in [0.15, 0.2) is 0 Å². The fraction of sp³-hybridized carbons (Fsp3) is 1.00. The van der Waals surface area contributed by atoms with E-state index in [2.05, 4.69) is 27.7 Å². The number of hydrogen-bond donors (Lipinski definition) is 0. The van der Waals surface area contributed by atoms with Crippen molar-refractivity contribution in [1.82, 2.24) is 0 Å². The Morgan fingerprint density at radius 1 is 0.938 bits per heavy atom. The van der Waals surface area contributed by atoms with Crippen molar-refractivity contribution in [3.8, 4) is 0 Å². The maximum absolute atomic E-state index is 5.54. The lowest BCUT2D eigenvalue weighted by molar-refractivity contribution is 0.0158. The van der Waals surface area contributed by atoms with Gasteiger partial charge in [-0.05, 0) is 38.0 Å². The van der Waals surface area contributed by atoms with E-state index in [0.717, 1.165) is 25.6 Å². The first-order chi connectivity index (χ1) is 7.31. The molecule has 2 nitrogen and oxygen atoms in total. The Morgan fingerprint density at radius 3 is 2.06 bits per heavy atom. The molecule has 0 N–H and O–H groups in total. The summed E-state index contributed by atoms with van der Waals surface area (Å²) < 4.78 is 10.9. The molecule has 0 aromatic carbocycles. The van der Waals surface area contributed by atoms with Crippen LogP contribution in [0.4, 0.5) is 0 Å². The second-order valence-corrected chi connectivity index (χ2v) is 6.19. The van der Waals surface area contributed by atoms with Gasteiger partial charge in [0.25, 0.3) is 0 Å². The van der Waals surface area contributed by atoms with E-state index in [0.29, 0.717) is 18.1 Å². The highest BCUT2D eigenvalue weighted by molar-refractivity contribution is 4.66. The molecule has 0 saturated carbocycles. The summed E-state index contributed by atoms with van der Waals surface area (Å²) in [6.45, 7) is 15.6. The molecule has 0 spiro atoms. The van der Waals surface area contributed by atoms with Crippen molar-refractivity contribution in [2.24, 2.45) is 11.3 Å². The number of rotatable bonds is 8. The van der Waals surface area contributed by atoms with Gasteiger partial charge < -0.3 is 9.47 Å². The van der Waals surface area contributed by atoms with Gasteiger partial charge in [0.2, 0.25) is 0 Å². The van der Waals surface area contributed by atoms with Gasteiger partial charge >= 0.3 is 0 Å². The highest BCUT2D eigenvalue weighted by atomic mass is 16.5. The van der Waals surface area contributed by atoms with E-state index in [4.69, 9.17) is 9.47 Å². The molecule has 0 saturated heterocycles. The van der Waals surface area contributed by atoms with Gasteiger partial charge in [0.1, 0.15) is 0 Å². The summed E-state index contributed by atoms with van der Waals surface area (Å²) in [4.78, 5) is 0. The molecule has 0 aliphatic carbocycles. The predicted octanol–water partition coefficient (Wildman–Crippen LogP) is 3.89. The van der Waals surface area contributed by atoms with Gasteiger partial charge in [-0.1, -0.05) is 27.7 Å². The molecular weight excluding hydrogens is 200 g/mol. The zero-order chi connectivity index (χ0) is 12.6. The van der Waals surface area contributed by atoms with Gasteiger partial charge in [-0.3, -0.25) is 0 Å². The van der Waals surface area contributed by atoms with Gasteiger partial charge in [-0.25, -0.2) is 0 Å². The summed E-state index contributed by atoms with van der Waals surface area (Å²) in [5.74, 6) is 0.742. The Kier molecular flexibility index (Phi) is 8.04. The Bertz CT molecular complexity index is 159. The average molecular weight is 230 g/mol. The Hall–Kier alpha value is -0.0800. The first-order valence-corrected chi connectivity index (χ1v) is 6.50. The van der Waals surface area contributed by atoms with Crippen molar-refractivity contribution in [1.29, 1.82) is 0 Å². The molecule has 16 heavy (non-hydrogen) atoms. The predicted molar refractivity (Wildman–Crippen MR) is 69.8 cm³/mol. The highest BCUT2D eigenvalue weighted by Crippen LogP contribution is 2.25. The number of ether oxygens (including phenoxy) is 2. The molecule has 2 heteroatoms. The minimum absolute atomic E-state index is 0.309. The topological polar surface area (TPSA) is 18.5 Å². The van der Waals surface area contributed by atoms with Gasteiger partial charge in [0, 0.05) is 6.61 Å². The Morgan fingerprint density at radius 2 is 1.56 bits per heavy atom. The first kappa shape index (κ1) is 15.9. The molecule has 0 aromatic rings. The maximum atomic E-state index is 5.54. The summed E-state index contributed by atoms with van der Waals surface area (Å²) in [6, 6.07) is 0. The third kappa shape index (κ3) is 12.0. The molecule has 1 unspecified atom stereocenters. The molecule has 0 fully saturated rings. The number of hydrogen-bond acceptors (Lipinski definition) is 2. The zero-order valence-electron chi connectivity index (χ0n) is 12.0. The summed E-state index contributed by atoms with van der Waals surface area (Å²) in [6.07, 6.45) is 2.72. The molecule has 0 rings (SSSR count). The van der Waals surface area contributed by atoms with Gasteiger partial charge in [-0.2, -0.15) is 0 Å². The van der Waals surface area contributed by atoms with Crippen LogP contribution in [0.25, 0.3) is 0 Å². The van der Waals surface area contributed by atoms with Crippen molar-refractivity contribution in [3.63, 3.8) is 0 Å². The van der Waals surface area contributed by atoms with Crippen LogP contribution in [0.5, 0.6) is 0 Å². The Balaban J connectivity index is 3.31. The monoisotopic (exact) mass is 230 g/mol. The van der Waals surface area contributed by atoms with Crippen molar-refractivity contribution in [2.75, 3.05) is 19.8 Å². The van der Waals surface area contributed by atoms with Gasteiger partial charge in [-0.15, -0.1) is 0 Å². The lowest BCUT2D eigenvalue weighted by atomic mass is 9.84. The lowest BCUT2D eigenvalue weighted by Gasteiger charge is -2.23. The second kappa shape index (κ2) is 8.08. The normalized spacial score (nSPS) is 14.4. The molecule has 0 aliphatic rings. The smallest absolute Gasteiger partial charge is 0.0703 e. The molecule has 0 heterocycles. The van der Waals surface area contributed by atoms with E-state index in [-0.39, 0.29) is 0 Å². The highest BCUT2D eigenvalue weighted by Gasteiger charge is 2.14. The van der Waals surface area contributed by atoms with Crippen LogP contribution in [0.3, 0.4) is 0 Å². The third-order valence-electron chi connectivity index (χ3n) is 2.39. The van der Waals surface area contributed by atoms with Crippen molar-refractivity contribution >= 4 is 0 Å². The summed E-state index contributed by atoms with van der Waals surface area (Å²) in [5.41, 5.74) is 0.431. The van der Waals surface area contributed by atoms with E-state index < -0.39 is 0 Å². The van der Waals surface area contributed by atoms with E-state index in [1.807, 2.05) is 13.8 Å². The fourth-order valence-electron chi connectivity index (χ4n) is 1.88. The van der Waals surface area contributed by atoms with Crippen LogP contribution in [-0.4, -0.2) is 25.9 Å². The molecule has 0 aromatic heterocycles. The Labute approximate surface area is 102 Å². The van der Waals surface area contributed by atoms with E-state index in [1.54, 1.807) is 0 Å². The molecule has 0 bridgehead atoms. The van der Waals surface area contributed by atoms with Crippen LogP contribution in [0.15, 0.2) is 0 Å². The van der Waals surface area contributed by atoms with E-state index in [9.17, 15) is 0 Å². The van der Waals surface area contributed by atoms with Gasteiger partial charge in [0.05, 0.1) is 19.3 Å². The molecule has 98 valence electrons. The largest absolute Gasteiger partial charge is 0.379 e. The summed E-state index contributed by atoms with van der Waals surface area (Å²) >= 11 is 0. The minimum atomic E-state index is 0.309. The van der Waals surface area contributed by atoms with Crippen molar-refractivity contribution in [2.45, 2.75) is 60.5 Å². The summed E-state index contributed by atoms with van der Waals surface area (Å²) in [5, 5.41) is 0. The van der Waals surface area contributed by atoms with Crippen molar-refractivity contribution < 1.29 is 9.47 Å².